The van der Waals surface area contributed by atoms with Gasteiger partial charge in [-0.1, -0.05) is 12.1 Å². The van der Waals surface area contributed by atoms with Gasteiger partial charge in [0.15, 0.2) is 0 Å². The SMILES string of the molecule is Fc1ccc(CCC2CCN(CC3C4N5CCCc6cc(F)cc(c65)N34)CC2)cc1. The van der Waals surface area contributed by atoms with E-state index in [-0.39, 0.29) is 11.6 Å². The number of nitrogens with zero attached hydrogens (tertiary/aromatic N) is 3. The second-order valence-corrected chi connectivity index (χ2v) is 9.53. The Balaban J connectivity index is 1.03. The molecule has 0 aromatic heterocycles. The average Bonchev–Trinajstić information content (AvgIpc) is 3.36. The van der Waals surface area contributed by atoms with Crippen LogP contribution >= 0.6 is 0 Å². The van der Waals surface area contributed by atoms with Gasteiger partial charge in [-0.15, -0.1) is 0 Å². The minimum atomic E-state index is -0.154. The van der Waals surface area contributed by atoms with Gasteiger partial charge in [0, 0.05) is 13.1 Å². The van der Waals surface area contributed by atoms with Crippen molar-refractivity contribution < 1.29 is 8.78 Å². The summed E-state index contributed by atoms with van der Waals surface area (Å²) in [5.41, 5.74) is 4.88. The van der Waals surface area contributed by atoms with Crippen molar-refractivity contribution in [3.63, 3.8) is 0 Å². The molecule has 158 valence electrons. The van der Waals surface area contributed by atoms with E-state index in [1.165, 1.54) is 36.1 Å². The zero-order valence-corrected chi connectivity index (χ0v) is 17.4. The number of piperidine rings is 1. The van der Waals surface area contributed by atoms with Gasteiger partial charge in [-0.2, -0.15) is 0 Å². The molecule has 0 bridgehead atoms. The molecule has 0 radical (unpaired) electrons. The van der Waals surface area contributed by atoms with E-state index in [1.807, 2.05) is 12.1 Å². The maximum Gasteiger partial charge on any atom is 0.125 e. The van der Waals surface area contributed by atoms with Gasteiger partial charge in [-0.05, 0) is 92.9 Å². The van der Waals surface area contributed by atoms with E-state index in [9.17, 15) is 8.78 Å². The Morgan fingerprint density at radius 1 is 0.933 bits per heavy atom. The Kier molecular flexibility index (Phi) is 4.48. The minimum absolute atomic E-state index is 0.0844. The van der Waals surface area contributed by atoms with Crippen LogP contribution in [0.4, 0.5) is 20.2 Å². The van der Waals surface area contributed by atoms with Crippen LogP contribution in [0.15, 0.2) is 36.4 Å². The topological polar surface area (TPSA) is 9.49 Å². The van der Waals surface area contributed by atoms with Crippen LogP contribution in [0.25, 0.3) is 0 Å². The lowest BCUT2D eigenvalue weighted by atomic mass is 9.90. The van der Waals surface area contributed by atoms with E-state index in [2.05, 4.69) is 14.7 Å². The van der Waals surface area contributed by atoms with E-state index in [0.717, 1.165) is 57.0 Å². The highest BCUT2D eigenvalue weighted by atomic mass is 19.1. The number of anilines is 2. The third kappa shape index (κ3) is 3.18. The molecular weight excluding hydrogens is 380 g/mol. The van der Waals surface area contributed by atoms with E-state index < -0.39 is 0 Å². The quantitative estimate of drug-likeness (QED) is 0.669. The van der Waals surface area contributed by atoms with Gasteiger partial charge in [0.25, 0.3) is 0 Å². The normalized spacial score (nSPS) is 25.4. The van der Waals surface area contributed by atoms with Gasteiger partial charge in [0.2, 0.25) is 0 Å². The van der Waals surface area contributed by atoms with Crippen molar-refractivity contribution in [3.8, 4) is 0 Å². The number of halogens is 2. The first kappa shape index (κ1) is 18.6. The van der Waals surface area contributed by atoms with Crippen LogP contribution in [0, 0.1) is 17.6 Å². The highest BCUT2D eigenvalue weighted by molar-refractivity contribution is 5.87. The maximum absolute atomic E-state index is 14.1. The fraction of sp³-hybridized carbons (Fsp3) is 0.520. The zero-order chi connectivity index (χ0) is 20.2. The summed E-state index contributed by atoms with van der Waals surface area (Å²) in [4.78, 5) is 7.60. The predicted octanol–water partition coefficient (Wildman–Crippen LogP) is 4.59. The lowest BCUT2D eigenvalue weighted by Crippen LogP contribution is -2.39. The smallest absolute Gasteiger partial charge is 0.125 e. The van der Waals surface area contributed by atoms with Gasteiger partial charge in [-0.25, -0.2) is 8.78 Å². The molecular formula is C25H29F2N3. The molecule has 6 rings (SSSR count). The molecule has 2 unspecified atom stereocenters. The summed E-state index contributed by atoms with van der Waals surface area (Å²) in [6.45, 7) is 4.52. The molecule has 4 aliphatic heterocycles. The molecule has 0 spiro atoms. The standard InChI is InChI=1S/C25H29F2N3/c26-20-7-5-17(6-8-20)3-4-18-9-12-28(13-10-18)16-23-25-29-11-1-2-19-14-21(27)15-22(24(19)29)30(23)25/h5-8,14-15,18,23,25H,1-4,9-13,16H2. The van der Waals surface area contributed by atoms with E-state index in [4.69, 9.17) is 0 Å². The third-order valence-electron chi connectivity index (χ3n) is 7.67. The number of aryl methyl sites for hydroxylation is 2. The summed E-state index contributed by atoms with van der Waals surface area (Å²) >= 11 is 0. The van der Waals surface area contributed by atoms with Crippen molar-refractivity contribution in [1.82, 2.24) is 4.90 Å². The van der Waals surface area contributed by atoms with Crippen LogP contribution < -0.4 is 9.80 Å². The van der Waals surface area contributed by atoms with Crippen molar-refractivity contribution in [3.05, 3.63) is 59.2 Å². The van der Waals surface area contributed by atoms with Gasteiger partial charge in [-0.3, -0.25) is 0 Å². The van der Waals surface area contributed by atoms with Crippen molar-refractivity contribution in [1.29, 1.82) is 0 Å². The molecule has 4 aliphatic rings. The molecule has 2 atom stereocenters. The number of rotatable bonds is 5. The Morgan fingerprint density at radius 3 is 2.53 bits per heavy atom. The number of fused-ring (bicyclic) bond motifs is 3. The lowest BCUT2D eigenvalue weighted by molar-refractivity contribution is 0.180. The highest BCUT2D eigenvalue weighted by Gasteiger charge is 2.58. The van der Waals surface area contributed by atoms with Crippen LogP contribution in [0.2, 0.25) is 0 Å². The van der Waals surface area contributed by atoms with Crippen molar-refractivity contribution in [2.75, 3.05) is 36.0 Å². The second-order valence-electron chi connectivity index (χ2n) is 9.53. The van der Waals surface area contributed by atoms with Crippen molar-refractivity contribution in [2.45, 2.75) is 50.7 Å². The summed E-state index contributed by atoms with van der Waals surface area (Å²) < 4.78 is 27.2. The van der Waals surface area contributed by atoms with Crippen LogP contribution in [-0.4, -0.2) is 43.3 Å². The van der Waals surface area contributed by atoms with Crippen LogP contribution in [-0.2, 0) is 12.8 Å². The molecule has 2 fully saturated rings. The predicted molar refractivity (Wildman–Crippen MR) is 116 cm³/mol. The molecule has 0 amide bonds. The van der Waals surface area contributed by atoms with Crippen LogP contribution in [0.3, 0.4) is 0 Å². The Bertz CT molecular complexity index is 936. The number of hydrogen-bond donors (Lipinski definition) is 0. The number of benzene rings is 2. The Morgan fingerprint density at radius 2 is 1.73 bits per heavy atom. The fourth-order valence-electron chi connectivity index (χ4n) is 6.05. The summed E-state index contributed by atoms with van der Waals surface area (Å²) in [6.07, 6.45) is 7.33. The van der Waals surface area contributed by atoms with E-state index >= 15 is 0 Å². The second kappa shape index (κ2) is 7.23. The molecule has 3 nitrogen and oxygen atoms in total. The zero-order valence-electron chi connectivity index (χ0n) is 17.4. The molecule has 5 heteroatoms. The van der Waals surface area contributed by atoms with Gasteiger partial charge in [0.1, 0.15) is 17.8 Å². The maximum atomic E-state index is 14.1. The van der Waals surface area contributed by atoms with Crippen molar-refractivity contribution >= 4 is 11.4 Å². The van der Waals surface area contributed by atoms with Crippen molar-refractivity contribution in [2.24, 2.45) is 5.92 Å². The minimum Gasteiger partial charge on any atom is -0.347 e. The van der Waals surface area contributed by atoms with E-state index in [0.29, 0.717) is 12.2 Å². The van der Waals surface area contributed by atoms with Crippen LogP contribution in [0.5, 0.6) is 0 Å². The molecule has 0 saturated carbocycles. The van der Waals surface area contributed by atoms with Gasteiger partial charge >= 0.3 is 0 Å². The number of hydrogen-bond acceptors (Lipinski definition) is 3. The average molecular weight is 410 g/mol. The fourth-order valence-corrected chi connectivity index (χ4v) is 6.05. The first-order valence-electron chi connectivity index (χ1n) is 11.5. The molecule has 2 aromatic rings. The summed E-state index contributed by atoms with van der Waals surface area (Å²) in [5.74, 6) is 0.530. The van der Waals surface area contributed by atoms with E-state index in [1.54, 1.807) is 24.3 Å². The highest BCUT2D eigenvalue weighted by Crippen LogP contribution is 2.55. The first-order chi connectivity index (χ1) is 14.7. The molecule has 2 aromatic carbocycles. The summed E-state index contributed by atoms with van der Waals surface area (Å²) in [6, 6.07) is 11.0. The third-order valence-corrected chi connectivity index (χ3v) is 7.67. The molecule has 30 heavy (non-hydrogen) atoms. The number of likely N-dealkylation sites (tertiary alicyclic amines) is 1. The Hall–Kier alpha value is -2.14. The summed E-state index contributed by atoms with van der Waals surface area (Å²) in [7, 11) is 0. The molecule has 4 heterocycles. The molecule has 2 saturated heterocycles. The van der Waals surface area contributed by atoms with Gasteiger partial charge in [0.05, 0.1) is 17.4 Å². The first-order valence-corrected chi connectivity index (χ1v) is 11.5. The van der Waals surface area contributed by atoms with Crippen LogP contribution in [0.1, 0.15) is 36.8 Å². The van der Waals surface area contributed by atoms with Gasteiger partial charge < -0.3 is 14.7 Å². The molecule has 0 aliphatic carbocycles. The molecule has 0 N–H and O–H groups in total. The lowest BCUT2D eigenvalue weighted by Gasteiger charge is -2.33. The monoisotopic (exact) mass is 409 g/mol. The summed E-state index contributed by atoms with van der Waals surface area (Å²) in [5, 5.41) is 0. The Labute approximate surface area is 177 Å². The largest absolute Gasteiger partial charge is 0.347 e.